The van der Waals surface area contributed by atoms with Crippen LogP contribution in [0.15, 0.2) is 24.3 Å². The van der Waals surface area contributed by atoms with Crippen LogP contribution in [0.2, 0.25) is 0 Å². The molecule has 1 unspecified atom stereocenters. The number of rotatable bonds is 8. The van der Waals surface area contributed by atoms with E-state index >= 15 is 0 Å². The van der Waals surface area contributed by atoms with Crippen molar-refractivity contribution in [2.24, 2.45) is 11.8 Å². The quantitative estimate of drug-likeness (QED) is 0.729. The maximum Gasteiger partial charge on any atom is 0.226 e. The molecular weight excluding hydrogens is 360 g/mol. The van der Waals surface area contributed by atoms with Gasteiger partial charge in [-0.2, -0.15) is 11.8 Å². The van der Waals surface area contributed by atoms with Crippen molar-refractivity contribution >= 4 is 34.6 Å². The summed E-state index contributed by atoms with van der Waals surface area (Å²) < 4.78 is 0. The normalized spacial score (nSPS) is 18.4. The molecular formula is C20H28N4O2S. The molecule has 7 heteroatoms. The fourth-order valence-electron chi connectivity index (χ4n) is 3.51. The summed E-state index contributed by atoms with van der Waals surface area (Å²) in [5.74, 6) is 1.85. The third-order valence-electron chi connectivity index (χ3n) is 4.84. The largest absolute Gasteiger partial charge is 0.346 e. The van der Waals surface area contributed by atoms with Crippen molar-refractivity contribution in [3.8, 4) is 0 Å². The average Bonchev–Trinajstić information content (AvgIpc) is 3.22. The number of aromatic nitrogens is 2. The molecule has 0 bridgehead atoms. The number of imidazole rings is 1. The van der Waals surface area contributed by atoms with Crippen LogP contribution < -0.4 is 5.32 Å². The van der Waals surface area contributed by atoms with E-state index in [2.05, 4.69) is 35.4 Å². The number of fused-ring (bicyclic) bond motifs is 1. The van der Waals surface area contributed by atoms with E-state index in [1.54, 1.807) is 11.8 Å². The molecule has 2 N–H and O–H groups in total. The Morgan fingerprint density at radius 3 is 2.89 bits per heavy atom. The van der Waals surface area contributed by atoms with Gasteiger partial charge in [0.2, 0.25) is 11.8 Å². The van der Waals surface area contributed by atoms with Crippen LogP contribution in [0.25, 0.3) is 11.0 Å². The summed E-state index contributed by atoms with van der Waals surface area (Å²) in [5, 5.41) is 3.14. The lowest BCUT2D eigenvalue weighted by Crippen LogP contribution is -2.36. The second kappa shape index (κ2) is 8.78. The Hall–Kier alpha value is -2.02. The van der Waals surface area contributed by atoms with Gasteiger partial charge in [-0.3, -0.25) is 9.59 Å². The molecule has 1 aromatic carbocycles. The predicted molar refractivity (Wildman–Crippen MR) is 110 cm³/mol. The SMILES string of the molecule is CSCC[C@H](NC(=O)C1CC(=O)N(CC(C)C)C1)c1nc2ccccc2[nH]1. The molecule has 0 radical (unpaired) electrons. The number of H-pyrrole nitrogens is 1. The highest BCUT2D eigenvalue weighted by molar-refractivity contribution is 7.98. The van der Waals surface area contributed by atoms with E-state index in [1.807, 2.05) is 29.2 Å². The van der Waals surface area contributed by atoms with Gasteiger partial charge >= 0.3 is 0 Å². The molecule has 0 saturated carbocycles. The Morgan fingerprint density at radius 1 is 1.41 bits per heavy atom. The lowest BCUT2D eigenvalue weighted by Gasteiger charge is -2.20. The number of nitrogens with zero attached hydrogens (tertiary/aromatic N) is 2. The van der Waals surface area contributed by atoms with Gasteiger partial charge in [0.1, 0.15) is 5.82 Å². The number of amides is 2. The lowest BCUT2D eigenvalue weighted by atomic mass is 10.1. The fourth-order valence-corrected chi connectivity index (χ4v) is 3.98. The van der Waals surface area contributed by atoms with Crippen molar-refractivity contribution in [3.63, 3.8) is 0 Å². The maximum atomic E-state index is 12.8. The zero-order valence-electron chi connectivity index (χ0n) is 16.2. The van der Waals surface area contributed by atoms with Gasteiger partial charge in [-0.1, -0.05) is 26.0 Å². The summed E-state index contributed by atoms with van der Waals surface area (Å²) in [4.78, 5) is 34.8. The van der Waals surface area contributed by atoms with Gasteiger partial charge in [-0.05, 0) is 36.5 Å². The topological polar surface area (TPSA) is 78.1 Å². The highest BCUT2D eigenvalue weighted by Crippen LogP contribution is 2.23. The third-order valence-corrected chi connectivity index (χ3v) is 5.48. The van der Waals surface area contributed by atoms with Crippen molar-refractivity contribution in [3.05, 3.63) is 30.1 Å². The molecule has 1 aliphatic rings. The van der Waals surface area contributed by atoms with E-state index in [1.165, 1.54) is 0 Å². The number of likely N-dealkylation sites (tertiary alicyclic amines) is 1. The molecule has 27 heavy (non-hydrogen) atoms. The Bertz CT molecular complexity index is 771. The number of para-hydroxylation sites is 2. The molecule has 2 amide bonds. The molecule has 0 spiro atoms. The van der Waals surface area contributed by atoms with Crippen molar-refractivity contribution in [2.75, 3.05) is 25.1 Å². The average molecular weight is 389 g/mol. The van der Waals surface area contributed by atoms with Gasteiger partial charge in [0.25, 0.3) is 0 Å². The molecule has 2 heterocycles. The Labute approximate surface area is 164 Å². The molecule has 1 aliphatic heterocycles. The van der Waals surface area contributed by atoms with Crippen molar-refractivity contribution < 1.29 is 9.59 Å². The first-order chi connectivity index (χ1) is 13.0. The second-order valence-electron chi connectivity index (χ2n) is 7.58. The number of hydrogen-bond acceptors (Lipinski definition) is 4. The minimum absolute atomic E-state index is 0.0545. The monoisotopic (exact) mass is 388 g/mol. The first-order valence-electron chi connectivity index (χ1n) is 9.49. The van der Waals surface area contributed by atoms with E-state index in [9.17, 15) is 9.59 Å². The Balaban J connectivity index is 1.70. The van der Waals surface area contributed by atoms with Crippen LogP contribution >= 0.6 is 11.8 Å². The number of benzene rings is 1. The number of thioether (sulfide) groups is 1. The smallest absolute Gasteiger partial charge is 0.226 e. The summed E-state index contributed by atoms with van der Waals surface area (Å²) >= 11 is 1.74. The van der Waals surface area contributed by atoms with Crippen LogP contribution in [0, 0.1) is 11.8 Å². The van der Waals surface area contributed by atoms with Crippen molar-refractivity contribution in [1.29, 1.82) is 0 Å². The van der Waals surface area contributed by atoms with Crippen molar-refractivity contribution in [2.45, 2.75) is 32.7 Å². The highest BCUT2D eigenvalue weighted by Gasteiger charge is 2.35. The highest BCUT2D eigenvalue weighted by atomic mass is 32.2. The lowest BCUT2D eigenvalue weighted by molar-refractivity contribution is -0.129. The molecule has 146 valence electrons. The standard InChI is InChI=1S/C20H28N4O2S/c1-13(2)11-24-12-14(10-18(24)25)20(26)23-17(8-9-27-3)19-21-15-6-4-5-7-16(15)22-19/h4-7,13-14,17H,8-12H2,1-3H3,(H,21,22)(H,23,26)/t14?,17-/m0/s1. The first kappa shape index (κ1) is 19.7. The maximum absolute atomic E-state index is 12.8. The van der Waals surface area contributed by atoms with Gasteiger partial charge in [-0.15, -0.1) is 0 Å². The summed E-state index contributed by atoms with van der Waals surface area (Å²) in [7, 11) is 0. The molecule has 6 nitrogen and oxygen atoms in total. The van der Waals surface area contributed by atoms with Crippen LogP contribution in [-0.4, -0.2) is 51.8 Å². The fraction of sp³-hybridized carbons (Fsp3) is 0.550. The third kappa shape index (κ3) is 4.83. The number of aromatic amines is 1. The van der Waals surface area contributed by atoms with E-state index in [-0.39, 0.29) is 23.8 Å². The van der Waals surface area contributed by atoms with E-state index in [4.69, 9.17) is 0 Å². The Kier molecular flexibility index (Phi) is 6.42. The van der Waals surface area contributed by atoms with Gasteiger partial charge in [0.05, 0.1) is 23.0 Å². The van der Waals surface area contributed by atoms with E-state index in [0.29, 0.717) is 25.4 Å². The minimum atomic E-state index is -0.280. The number of carbonyl (C=O) groups is 2. The zero-order chi connectivity index (χ0) is 19.4. The van der Waals surface area contributed by atoms with Crippen LogP contribution in [-0.2, 0) is 9.59 Å². The van der Waals surface area contributed by atoms with Crippen LogP contribution in [0.1, 0.15) is 38.6 Å². The van der Waals surface area contributed by atoms with Crippen molar-refractivity contribution in [1.82, 2.24) is 20.2 Å². The molecule has 1 aromatic heterocycles. The molecule has 1 fully saturated rings. The van der Waals surface area contributed by atoms with Gasteiger partial charge in [0, 0.05) is 19.5 Å². The summed E-state index contributed by atoms with van der Waals surface area (Å²) in [6.07, 6.45) is 3.15. The summed E-state index contributed by atoms with van der Waals surface area (Å²) in [5.41, 5.74) is 1.87. The molecule has 1 saturated heterocycles. The van der Waals surface area contributed by atoms with Gasteiger partial charge in [0.15, 0.2) is 0 Å². The van der Waals surface area contributed by atoms with Gasteiger partial charge < -0.3 is 15.2 Å². The van der Waals surface area contributed by atoms with Crippen LogP contribution in [0.4, 0.5) is 0 Å². The zero-order valence-corrected chi connectivity index (χ0v) is 17.0. The second-order valence-corrected chi connectivity index (χ2v) is 8.56. The number of hydrogen-bond donors (Lipinski definition) is 2. The van der Waals surface area contributed by atoms with E-state index < -0.39 is 0 Å². The molecule has 0 aliphatic carbocycles. The van der Waals surface area contributed by atoms with Crippen LogP contribution in [0.5, 0.6) is 0 Å². The molecule has 2 atom stereocenters. The summed E-state index contributed by atoms with van der Waals surface area (Å²) in [6, 6.07) is 7.69. The molecule has 3 rings (SSSR count). The number of nitrogens with one attached hydrogen (secondary N) is 2. The molecule has 2 aromatic rings. The summed E-state index contributed by atoms with van der Waals surface area (Å²) in [6.45, 7) is 5.39. The van der Waals surface area contributed by atoms with E-state index in [0.717, 1.165) is 29.0 Å². The predicted octanol–water partition coefficient (Wildman–Crippen LogP) is 2.98. The van der Waals surface area contributed by atoms with Crippen LogP contribution in [0.3, 0.4) is 0 Å². The Morgan fingerprint density at radius 2 is 2.19 bits per heavy atom. The number of carbonyl (C=O) groups excluding carboxylic acids is 2. The minimum Gasteiger partial charge on any atom is -0.346 e. The van der Waals surface area contributed by atoms with Gasteiger partial charge in [-0.25, -0.2) is 4.98 Å². The first-order valence-corrected chi connectivity index (χ1v) is 10.9.